The molecule has 0 radical (unpaired) electrons. The summed E-state index contributed by atoms with van der Waals surface area (Å²) in [7, 11) is 0. The molecule has 0 bridgehead atoms. The first kappa shape index (κ1) is 16.4. The van der Waals surface area contributed by atoms with Crippen LogP contribution in [0.2, 0.25) is 5.02 Å². The number of aryl methyl sites for hydroxylation is 1. The number of hydrogen-bond acceptors (Lipinski definition) is 4. The Kier molecular flexibility index (Phi) is 5.10. The summed E-state index contributed by atoms with van der Waals surface area (Å²) < 4.78 is 13.6. The largest absolute Gasteiger partial charge is 0.481 e. The number of aromatic nitrogens is 1. The molecule has 2 aromatic rings. The second kappa shape index (κ2) is 6.85. The SMILES string of the molecule is Cc1ncsc1C(=O)N[C@@H](CC(=O)O)c1ccc(Cl)c(F)c1. The molecule has 0 fully saturated rings. The number of carbonyl (C=O) groups excluding carboxylic acids is 1. The third kappa shape index (κ3) is 3.80. The number of hydrogen-bond donors (Lipinski definition) is 2. The summed E-state index contributed by atoms with van der Waals surface area (Å²) in [5.41, 5.74) is 2.41. The molecule has 1 aromatic heterocycles. The molecule has 0 aliphatic rings. The maximum Gasteiger partial charge on any atom is 0.305 e. The van der Waals surface area contributed by atoms with E-state index in [4.69, 9.17) is 16.7 Å². The van der Waals surface area contributed by atoms with Gasteiger partial charge in [-0.2, -0.15) is 0 Å². The van der Waals surface area contributed by atoms with Crippen molar-refractivity contribution < 1.29 is 19.1 Å². The average molecular weight is 343 g/mol. The number of thiazole rings is 1. The molecule has 0 saturated carbocycles. The van der Waals surface area contributed by atoms with Crippen LogP contribution in [0.5, 0.6) is 0 Å². The van der Waals surface area contributed by atoms with Crippen LogP contribution in [-0.2, 0) is 4.79 Å². The second-order valence-corrected chi connectivity index (χ2v) is 5.83. The Morgan fingerprint density at radius 1 is 1.50 bits per heavy atom. The van der Waals surface area contributed by atoms with Crippen molar-refractivity contribution in [3.05, 3.63) is 50.7 Å². The van der Waals surface area contributed by atoms with E-state index < -0.39 is 23.7 Å². The molecule has 22 heavy (non-hydrogen) atoms. The van der Waals surface area contributed by atoms with Crippen molar-refractivity contribution in [1.29, 1.82) is 0 Å². The predicted molar refractivity (Wildman–Crippen MR) is 80.7 cm³/mol. The Hall–Kier alpha value is -1.99. The van der Waals surface area contributed by atoms with Crippen molar-refractivity contribution in [2.45, 2.75) is 19.4 Å². The van der Waals surface area contributed by atoms with E-state index >= 15 is 0 Å². The van der Waals surface area contributed by atoms with E-state index in [2.05, 4.69) is 10.3 Å². The summed E-state index contributed by atoms with van der Waals surface area (Å²) in [6, 6.07) is 3.07. The molecule has 2 rings (SSSR count). The molecule has 2 N–H and O–H groups in total. The van der Waals surface area contributed by atoms with Crippen LogP contribution < -0.4 is 5.32 Å². The first-order chi connectivity index (χ1) is 10.4. The van der Waals surface area contributed by atoms with Gasteiger partial charge < -0.3 is 10.4 Å². The Labute approximate surface area is 134 Å². The standard InChI is InChI=1S/C14H12ClFN2O3S/c1-7-13(22-6-17-7)14(21)18-11(5-12(19)20)8-2-3-9(15)10(16)4-8/h2-4,6,11H,5H2,1H3,(H,18,21)(H,19,20)/t11-/m0/s1. The van der Waals surface area contributed by atoms with Crippen molar-refractivity contribution in [2.75, 3.05) is 0 Å². The quantitative estimate of drug-likeness (QED) is 0.874. The second-order valence-electron chi connectivity index (χ2n) is 4.56. The number of halogens is 2. The summed E-state index contributed by atoms with van der Waals surface area (Å²) in [6.07, 6.45) is -0.370. The van der Waals surface area contributed by atoms with Gasteiger partial charge in [-0.1, -0.05) is 17.7 Å². The molecular weight excluding hydrogens is 331 g/mol. The molecule has 1 atom stereocenters. The van der Waals surface area contributed by atoms with E-state index in [0.717, 1.165) is 17.4 Å². The minimum atomic E-state index is -1.11. The minimum Gasteiger partial charge on any atom is -0.481 e. The summed E-state index contributed by atoms with van der Waals surface area (Å²) in [6.45, 7) is 1.68. The third-order valence-electron chi connectivity index (χ3n) is 2.98. The Balaban J connectivity index is 2.26. The fourth-order valence-corrected chi connectivity index (χ4v) is 2.72. The summed E-state index contributed by atoms with van der Waals surface area (Å²) >= 11 is 6.77. The van der Waals surface area contributed by atoms with E-state index in [0.29, 0.717) is 16.1 Å². The van der Waals surface area contributed by atoms with Crippen LogP contribution in [0.1, 0.15) is 33.4 Å². The summed E-state index contributed by atoms with van der Waals surface area (Å²) in [4.78, 5) is 27.5. The summed E-state index contributed by atoms with van der Waals surface area (Å²) in [5, 5.41) is 11.5. The predicted octanol–water partition coefficient (Wildman–Crippen LogP) is 3.19. The maximum absolute atomic E-state index is 13.6. The van der Waals surface area contributed by atoms with Gasteiger partial charge in [-0.05, 0) is 24.6 Å². The Morgan fingerprint density at radius 2 is 2.23 bits per heavy atom. The van der Waals surface area contributed by atoms with E-state index in [1.165, 1.54) is 17.6 Å². The molecular formula is C14H12ClFN2O3S. The lowest BCUT2D eigenvalue weighted by Gasteiger charge is -2.17. The highest BCUT2D eigenvalue weighted by atomic mass is 35.5. The summed E-state index contributed by atoms with van der Waals surface area (Å²) in [5.74, 6) is -2.22. The van der Waals surface area contributed by atoms with E-state index in [1.54, 1.807) is 6.92 Å². The van der Waals surface area contributed by atoms with Gasteiger partial charge in [-0.15, -0.1) is 11.3 Å². The highest BCUT2D eigenvalue weighted by Gasteiger charge is 2.21. The zero-order valence-electron chi connectivity index (χ0n) is 11.5. The fraction of sp³-hybridized carbons (Fsp3) is 0.214. The zero-order chi connectivity index (χ0) is 16.3. The van der Waals surface area contributed by atoms with Crippen LogP contribution in [0.4, 0.5) is 4.39 Å². The number of carbonyl (C=O) groups is 2. The number of aliphatic carboxylic acids is 1. The van der Waals surface area contributed by atoms with Crippen molar-refractivity contribution in [3.63, 3.8) is 0 Å². The third-order valence-corrected chi connectivity index (χ3v) is 4.22. The maximum atomic E-state index is 13.6. The average Bonchev–Trinajstić information content (AvgIpc) is 2.87. The molecule has 5 nitrogen and oxygen atoms in total. The van der Waals surface area contributed by atoms with Crippen LogP contribution >= 0.6 is 22.9 Å². The number of nitrogens with one attached hydrogen (secondary N) is 1. The van der Waals surface area contributed by atoms with Crippen LogP contribution in [0.3, 0.4) is 0 Å². The highest BCUT2D eigenvalue weighted by Crippen LogP contribution is 2.23. The molecule has 8 heteroatoms. The van der Waals surface area contributed by atoms with Crippen LogP contribution in [-0.4, -0.2) is 22.0 Å². The number of amides is 1. The smallest absolute Gasteiger partial charge is 0.305 e. The first-order valence-electron chi connectivity index (χ1n) is 6.26. The molecule has 1 aromatic carbocycles. The number of carboxylic acid groups (broad SMARTS) is 1. The lowest BCUT2D eigenvalue weighted by atomic mass is 10.0. The van der Waals surface area contributed by atoms with E-state index in [9.17, 15) is 14.0 Å². The zero-order valence-corrected chi connectivity index (χ0v) is 13.0. The monoisotopic (exact) mass is 342 g/mol. The number of benzene rings is 1. The van der Waals surface area contributed by atoms with Crippen molar-refractivity contribution >= 4 is 34.8 Å². The Morgan fingerprint density at radius 3 is 2.77 bits per heavy atom. The van der Waals surface area contributed by atoms with Crippen molar-refractivity contribution in [1.82, 2.24) is 10.3 Å². The van der Waals surface area contributed by atoms with Crippen molar-refractivity contribution in [3.8, 4) is 0 Å². The van der Waals surface area contributed by atoms with Gasteiger partial charge >= 0.3 is 5.97 Å². The molecule has 0 saturated heterocycles. The lowest BCUT2D eigenvalue weighted by Crippen LogP contribution is -2.30. The molecule has 0 unspecified atom stereocenters. The van der Waals surface area contributed by atoms with Crippen LogP contribution in [0.15, 0.2) is 23.7 Å². The lowest BCUT2D eigenvalue weighted by molar-refractivity contribution is -0.137. The van der Waals surface area contributed by atoms with Crippen LogP contribution in [0.25, 0.3) is 0 Å². The molecule has 0 aliphatic carbocycles. The number of rotatable bonds is 5. The highest BCUT2D eigenvalue weighted by molar-refractivity contribution is 7.11. The van der Waals surface area contributed by atoms with E-state index in [1.807, 2.05) is 0 Å². The molecule has 0 aliphatic heterocycles. The fourth-order valence-electron chi connectivity index (χ4n) is 1.90. The molecule has 1 amide bonds. The number of nitrogens with zero attached hydrogens (tertiary/aromatic N) is 1. The van der Waals surface area contributed by atoms with Gasteiger partial charge in [0.1, 0.15) is 10.7 Å². The van der Waals surface area contributed by atoms with Gasteiger partial charge in [0, 0.05) is 0 Å². The normalized spacial score (nSPS) is 12.0. The van der Waals surface area contributed by atoms with Gasteiger partial charge in [0.2, 0.25) is 0 Å². The molecule has 0 spiro atoms. The Bertz CT molecular complexity index is 720. The minimum absolute atomic E-state index is 0.0672. The van der Waals surface area contributed by atoms with Crippen molar-refractivity contribution in [2.24, 2.45) is 0 Å². The van der Waals surface area contributed by atoms with Gasteiger partial charge in [0.25, 0.3) is 5.91 Å². The van der Waals surface area contributed by atoms with Gasteiger partial charge in [0.15, 0.2) is 0 Å². The van der Waals surface area contributed by atoms with Gasteiger partial charge in [-0.3, -0.25) is 9.59 Å². The van der Waals surface area contributed by atoms with Gasteiger partial charge in [0.05, 0.1) is 28.7 Å². The van der Waals surface area contributed by atoms with Crippen LogP contribution in [0, 0.1) is 12.7 Å². The molecule has 116 valence electrons. The number of carboxylic acids is 1. The first-order valence-corrected chi connectivity index (χ1v) is 7.52. The van der Waals surface area contributed by atoms with Gasteiger partial charge in [-0.25, -0.2) is 9.37 Å². The molecule has 1 heterocycles. The van der Waals surface area contributed by atoms with E-state index in [-0.39, 0.29) is 11.4 Å². The topological polar surface area (TPSA) is 79.3 Å².